The van der Waals surface area contributed by atoms with Crippen LogP contribution < -0.4 is 10.2 Å². The maximum absolute atomic E-state index is 13.7. The number of nitrogens with zero attached hydrogens (tertiary/aromatic N) is 4. The first-order valence-electron chi connectivity index (χ1n) is 9.28. The molecule has 3 amide bonds. The largest absolute Gasteiger partial charge is 0.330 e. The van der Waals surface area contributed by atoms with Crippen LogP contribution in [0.4, 0.5) is 22.0 Å². The molecule has 0 bridgehead atoms. The van der Waals surface area contributed by atoms with Crippen LogP contribution in [0.25, 0.3) is 0 Å². The number of pyridine rings is 1. The second-order valence-corrected chi connectivity index (χ2v) is 7.49. The molecule has 0 radical (unpaired) electrons. The van der Waals surface area contributed by atoms with Crippen molar-refractivity contribution in [2.45, 2.75) is 12.5 Å². The zero-order valence-corrected chi connectivity index (χ0v) is 15.1. The number of carbonyl (C=O) groups excluding carboxylic acids is 2. The van der Waals surface area contributed by atoms with Gasteiger partial charge < -0.3 is 15.1 Å². The number of carbonyl (C=O) groups is 2. The fraction of sp³-hybridized carbons (Fsp3) is 0.350. The summed E-state index contributed by atoms with van der Waals surface area (Å²) in [6.45, 7) is 2.66. The smallest absolute Gasteiger partial charge is 0.320 e. The topological polar surface area (TPSA) is 68.8 Å². The van der Waals surface area contributed by atoms with E-state index in [9.17, 15) is 9.59 Å². The first kappa shape index (κ1) is 16.3. The summed E-state index contributed by atoms with van der Waals surface area (Å²) < 4.78 is 0. The Morgan fingerprint density at radius 2 is 2.04 bits per heavy atom. The molecule has 0 spiro atoms. The van der Waals surface area contributed by atoms with E-state index in [-0.39, 0.29) is 18.0 Å². The Kier molecular flexibility index (Phi) is 3.65. The fourth-order valence-electron chi connectivity index (χ4n) is 4.56. The summed E-state index contributed by atoms with van der Waals surface area (Å²) in [5.41, 5.74) is 1.68. The first-order chi connectivity index (χ1) is 13.1. The van der Waals surface area contributed by atoms with Crippen LogP contribution >= 0.6 is 0 Å². The lowest BCUT2D eigenvalue weighted by atomic mass is 10.1. The number of hydrogen-bond acceptors (Lipinski definition) is 4. The van der Waals surface area contributed by atoms with E-state index in [1.54, 1.807) is 23.2 Å². The molecule has 138 valence electrons. The standard InChI is InChI=1S/C20H21N5O2/c1-23-11-13-8-10-24(17(13)12-23)20(27)25-16-7-3-2-6-15(16)22-19(26)14-5-4-9-21-18(14)25/h2-7,9,13,17H,8,10-12H2,1H3,(H,22,26). The Bertz CT molecular complexity index is 930. The third-order valence-corrected chi connectivity index (χ3v) is 5.80. The van der Waals surface area contributed by atoms with Crippen molar-refractivity contribution in [2.24, 2.45) is 5.92 Å². The highest BCUT2D eigenvalue weighted by Crippen LogP contribution is 2.39. The van der Waals surface area contributed by atoms with Gasteiger partial charge in [-0.15, -0.1) is 0 Å². The van der Waals surface area contributed by atoms with Crippen LogP contribution in [0.1, 0.15) is 16.8 Å². The highest BCUT2D eigenvalue weighted by atomic mass is 16.2. The van der Waals surface area contributed by atoms with Crippen LogP contribution in [0.5, 0.6) is 0 Å². The van der Waals surface area contributed by atoms with Gasteiger partial charge in [-0.1, -0.05) is 12.1 Å². The van der Waals surface area contributed by atoms with Crippen molar-refractivity contribution < 1.29 is 9.59 Å². The van der Waals surface area contributed by atoms with Crippen molar-refractivity contribution in [3.63, 3.8) is 0 Å². The molecule has 2 saturated heterocycles. The molecule has 7 nitrogen and oxygen atoms in total. The number of urea groups is 1. The minimum absolute atomic E-state index is 0.110. The molecular weight excluding hydrogens is 342 g/mol. The summed E-state index contributed by atoms with van der Waals surface area (Å²) in [6, 6.07) is 10.9. The Balaban J connectivity index is 1.62. The van der Waals surface area contributed by atoms with E-state index < -0.39 is 0 Å². The van der Waals surface area contributed by atoms with E-state index >= 15 is 0 Å². The molecule has 2 atom stereocenters. The predicted octanol–water partition coefficient (Wildman–Crippen LogP) is 2.54. The Morgan fingerprint density at radius 1 is 1.19 bits per heavy atom. The highest BCUT2D eigenvalue weighted by molar-refractivity contribution is 6.16. The maximum Gasteiger partial charge on any atom is 0.330 e. The van der Waals surface area contributed by atoms with Crippen molar-refractivity contribution >= 4 is 29.1 Å². The van der Waals surface area contributed by atoms with Crippen LogP contribution in [0.3, 0.4) is 0 Å². The van der Waals surface area contributed by atoms with Crippen LogP contribution in [0, 0.1) is 5.92 Å². The number of anilines is 3. The number of likely N-dealkylation sites (N-methyl/N-ethyl adjacent to an activating group) is 1. The molecule has 1 aromatic carbocycles. The molecule has 3 aliphatic rings. The van der Waals surface area contributed by atoms with E-state index in [0.717, 1.165) is 26.1 Å². The van der Waals surface area contributed by atoms with Crippen LogP contribution in [-0.4, -0.2) is 59.4 Å². The summed E-state index contributed by atoms with van der Waals surface area (Å²) in [5, 5.41) is 2.91. The molecule has 1 N–H and O–H groups in total. The van der Waals surface area contributed by atoms with Gasteiger partial charge in [0.25, 0.3) is 5.91 Å². The van der Waals surface area contributed by atoms with Crippen molar-refractivity contribution in [3.8, 4) is 0 Å². The molecule has 1 aromatic heterocycles. The molecule has 2 aromatic rings. The van der Waals surface area contributed by atoms with E-state index in [2.05, 4.69) is 22.2 Å². The molecule has 7 heteroatoms. The number of para-hydroxylation sites is 2. The SMILES string of the molecule is CN1CC2CCN(C(=O)N3c4ccccc4NC(=O)c4cccnc43)C2C1. The van der Waals surface area contributed by atoms with E-state index in [0.29, 0.717) is 28.7 Å². The zero-order chi connectivity index (χ0) is 18.5. The Morgan fingerprint density at radius 3 is 2.93 bits per heavy atom. The van der Waals surface area contributed by atoms with Gasteiger partial charge in [0.05, 0.1) is 23.0 Å². The highest BCUT2D eigenvalue weighted by Gasteiger charge is 2.45. The van der Waals surface area contributed by atoms with Crippen LogP contribution in [0.15, 0.2) is 42.6 Å². The molecular formula is C20H21N5O2. The van der Waals surface area contributed by atoms with Gasteiger partial charge in [0.15, 0.2) is 5.82 Å². The molecule has 5 rings (SSSR count). The normalized spacial score (nSPS) is 24.1. The Labute approximate surface area is 157 Å². The van der Waals surface area contributed by atoms with Gasteiger partial charge in [-0.3, -0.25) is 4.79 Å². The van der Waals surface area contributed by atoms with Gasteiger partial charge in [0.1, 0.15) is 0 Å². The minimum atomic E-state index is -0.249. The number of benzene rings is 1. The number of amides is 3. The zero-order valence-electron chi connectivity index (χ0n) is 15.1. The van der Waals surface area contributed by atoms with Gasteiger partial charge in [-0.2, -0.15) is 0 Å². The average molecular weight is 363 g/mol. The molecule has 27 heavy (non-hydrogen) atoms. The van der Waals surface area contributed by atoms with Crippen molar-refractivity contribution in [1.82, 2.24) is 14.8 Å². The van der Waals surface area contributed by atoms with Crippen molar-refractivity contribution in [3.05, 3.63) is 48.2 Å². The van der Waals surface area contributed by atoms with Crippen molar-refractivity contribution in [2.75, 3.05) is 36.9 Å². The fourth-order valence-corrected chi connectivity index (χ4v) is 4.56. The van der Waals surface area contributed by atoms with Crippen LogP contribution in [0.2, 0.25) is 0 Å². The van der Waals surface area contributed by atoms with E-state index in [1.807, 2.05) is 29.2 Å². The van der Waals surface area contributed by atoms with E-state index in [1.165, 1.54) is 0 Å². The Hall–Kier alpha value is -2.93. The summed E-state index contributed by atoms with van der Waals surface area (Å²) >= 11 is 0. The monoisotopic (exact) mass is 363 g/mol. The van der Waals surface area contributed by atoms with Gasteiger partial charge in [0.2, 0.25) is 0 Å². The number of fused-ring (bicyclic) bond motifs is 3. The van der Waals surface area contributed by atoms with Crippen molar-refractivity contribution in [1.29, 1.82) is 0 Å². The number of hydrogen-bond donors (Lipinski definition) is 1. The second kappa shape index (κ2) is 6.06. The first-order valence-corrected chi connectivity index (χ1v) is 9.28. The number of rotatable bonds is 0. The number of aromatic nitrogens is 1. The summed E-state index contributed by atoms with van der Waals surface area (Å²) in [6.07, 6.45) is 2.64. The van der Waals surface area contributed by atoms with Gasteiger partial charge in [-0.05, 0) is 43.7 Å². The lowest BCUT2D eigenvalue weighted by Gasteiger charge is -2.31. The molecule has 0 saturated carbocycles. The van der Waals surface area contributed by atoms with Gasteiger partial charge >= 0.3 is 6.03 Å². The van der Waals surface area contributed by atoms with E-state index in [4.69, 9.17) is 0 Å². The molecule has 2 fully saturated rings. The number of nitrogens with one attached hydrogen (secondary N) is 1. The molecule has 2 unspecified atom stereocenters. The summed E-state index contributed by atoms with van der Waals surface area (Å²) in [5.74, 6) is 0.657. The van der Waals surface area contributed by atoms with Crippen LogP contribution in [-0.2, 0) is 0 Å². The maximum atomic E-state index is 13.7. The van der Waals surface area contributed by atoms with Gasteiger partial charge in [-0.25, -0.2) is 14.7 Å². The minimum Gasteiger partial charge on any atom is -0.320 e. The van der Waals surface area contributed by atoms with Gasteiger partial charge in [0, 0.05) is 25.8 Å². The lowest BCUT2D eigenvalue weighted by molar-refractivity contribution is 0.102. The second-order valence-electron chi connectivity index (χ2n) is 7.49. The third-order valence-electron chi connectivity index (χ3n) is 5.80. The average Bonchev–Trinajstić information content (AvgIpc) is 3.18. The predicted molar refractivity (Wildman–Crippen MR) is 102 cm³/mol. The third kappa shape index (κ3) is 2.49. The molecule has 4 heterocycles. The molecule has 3 aliphatic heterocycles. The molecule has 0 aliphatic carbocycles. The lowest BCUT2D eigenvalue weighted by Crippen LogP contribution is -2.46. The quantitative estimate of drug-likeness (QED) is 0.781. The summed E-state index contributed by atoms with van der Waals surface area (Å²) in [4.78, 5) is 36.6. The number of likely N-dealkylation sites (tertiary alicyclic amines) is 2. The summed E-state index contributed by atoms with van der Waals surface area (Å²) in [7, 11) is 2.10.